The van der Waals surface area contributed by atoms with Gasteiger partial charge in [0, 0.05) is 12.1 Å². The maximum Gasteiger partial charge on any atom is 0.325 e. The number of imide groups is 1. The van der Waals surface area contributed by atoms with Gasteiger partial charge in [-0.1, -0.05) is 6.07 Å². The monoisotopic (exact) mass is 359 g/mol. The van der Waals surface area contributed by atoms with E-state index in [1.54, 1.807) is 17.5 Å². The molecule has 1 aliphatic rings. The molecule has 0 spiro atoms. The van der Waals surface area contributed by atoms with Crippen molar-refractivity contribution < 1.29 is 19.3 Å². The van der Waals surface area contributed by atoms with Crippen molar-refractivity contribution in [1.29, 1.82) is 0 Å². The first-order chi connectivity index (χ1) is 11.8. The third-order valence-corrected chi connectivity index (χ3v) is 4.94. The second-order valence-corrected chi connectivity index (χ2v) is 6.60. The first-order valence-corrected chi connectivity index (χ1v) is 8.16. The smallest absolute Gasteiger partial charge is 0.319 e. The van der Waals surface area contributed by atoms with Crippen molar-refractivity contribution in [2.45, 2.75) is 12.5 Å². The number of nitrogens with zero attached hydrogens (tertiary/aromatic N) is 2. The zero-order valence-electron chi connectivity index (χ0n) is 13.1. The lowest BCUT2D eigenvalue weighted by atomic mass is 9.92. The molecule has 9 heteroatoms. The van der Waals surface area contributed by atoms with Gasteiger partial charge in [-0.2, -0.15) is 0 Å². The Hall–Kier alpha value is -3.07. The van der Waals surface area contributed by atoms with E-state index in [0.717, 1.165) is 4.90 Å². The average molecular weight is 359 g/mol. The van der Waals surface area contributed by atoms with Crippen LogP contribution in [0.5, 0.6) is 0 Å². The average Bonchev–Trinajstić information content (AvgIpc) is 3.19. The molecule has 1 N–H and O–H groups in total. The standard InChI is InChI=1S/C16H13N3O5S/c1-16(10-4-6-11(7-5-10)19(23)24)14(21)18(15(22)17-16)9-12(20)13-3-2-8-25-13/h2-8H,9H2,1H3,(H,17,22)/t16-/m1/s1. The molecule has 1 aromatic carbocycles. The summed E-state index contributed by atoms with van der Waals surface area (Å²) in [6, 6.07) is 8.03. The molecule has 0 radical (unpaired) electrons. The molecule has 2 heterocycles. The van der Waals surface area contributed by atoms with Gasteiger partial charge in [-0.3, -0.25) is 24.6 Å². The van der Waals surface area contributed by atoms with Crippen LogP contribution in [0, 0.1) is 10.1 Å². The van der Waals surface area contributed by atoms with Crippen LogP contribution >= 0.6 is 11.3 Å². The van der Waals surface area contributed by atoms with Gasteiger partial charge in [0.25, 0.3) is 11.6 Å². The Kier molecular flexibility index (Phi) is 4.09. The zero-order valence-corrected chi connectivity index (χ0v) is 13.9. The predicted molar refractivity (Wildman–Crippen MR) is 89.3 cm³/mol. The molecule has 2 aromatic rings. The molecule has 1 fully saturated rings. The van der Waals surface area contributed by atoms with E-state index in [4.69, 9.17) is 0 Å². The lowest BCUT2D eigenvalue weighted by Crippen LogP contribution is -2.41. The van der Waals surface area contributed by atoms with Crippen LogP contribution in [0.3, 0.4) is 0 Å². The summed E-state index contributed by atoms with van der Waals surface area (Å²) < 4.78 is 0. The van der Waals surface area contributed by atoms with Gasteiger partial charge in [-0.05, 0) is 36.1 Å². The van der Waals surface area contributed by atoms with Crippen LogP contribution in [0.15, 0.2) is 41.8 Å². The number of carbonyl (C=O) groups is 3. The Morgan fingerprint density at radius 3 is 2.52 bits per heavy atom. The maximum atomic E-state index is 12.7. The van der Waals surface area contributed by atoms with E-state index in [2.05, 4.69) is 5.32 Å². The lowest BCUT2D eigenvalue weighted by molar-refractivity contribution is -0.384. The van der Waals surface area contributed by atoms with Crippen molar-refractivity contribution in [3.63, 3.8) is 0 Å². The van der Waals surface area contributed by atoms with Crippen LogP contribution in [-0.2, 0) is 10.3 Å². The first kappa shape index (κ1) is 16.8. The molecular formula is C16H13N3O5S. The molecule has 0 saturated carbocycles. The number of urea groups is 1. The molecule has 1 aromatic heterocycles. The second kappa shape index (κ2) is 6.10. The number of nitro groups is 1. The summed E-state index contributed by atoms with van der Waals surface area (Å²) in [6.45, 7) is 1.15. The van der Waals surface area contributed by atoms with E-state index in [1.165, 1.54) is 42.5 Å². The molecule has 1 saturated heterocycles. The van der Waals surface area contributed by atoms with Crippen molar-refractivity contribution in [2.75, 3.05) is 6.54 Å². The van der Waals surface area contributed by atoms with E-state index in [9.17, 15) is 24.5 Å². The molecular weight excluding hydrogens is 346 g/mol. The number of hydrogen-bond acceptors (Lipinski definition) is 6. The number of nitrogens with one attached hydrogen (secondary N) is 1. The van der Waals surface area contributed by atoms with E-state index >= 15 is 0 Å². The Bertz CT molecular complexity index is 862. The van der Waals surface area contributed by atoms with Crippen LogP contribution in [0.2, 0.25) is 0 Å². The third-order valence-electron chi connectivity index (χ3n) is 4.03. The van der Waals surface area contributed by atoms with Gasteiger partial charge in [0.15, 0.2) is 5.78 Å². The fraction of sp³-hybridized carbons (Fsp3) is 0.188. The molecule has 3 rings (SSSR count). The van der Waals surface area contributed by atoms with Gasteiger partial charge < -0.3 is 5.32 Å². The molecule has 128 valence electrons. The molecule has 8 nitrogen and oxygen atoms in total. The Morgan fingerprint density at radius 2 is 1.96 bits per heavy atom. The number of Topliss-reactive ketones (excluding diaryl/α,β-unsaturated/α-hetero) is 1. The number of hydrogen-bond donors (Lipinski definition) is 1. The van der Waals surface area contributed by atoms with Crippen LogP contribution in [0.1, 0.15) is 22.2 Å². The lowest BCUT2D eigenvalue weighted by Gasteiger charge is -2.21. The number of carbonyl (C=O) groups excluding carboxylic acids is 3. The van der Waals surface area contributed by atoms with Crippen molar-refractivity contribution in [1.82, 2.24) is 10.2 Å². The summed E-state index contributed by atoms with van der Waals surface area (Å²) in [7, 11) is 0. The quantitative estimate of drug-likeness (QED) is 0.381. The highest BCUT2D eigenvalue weighted by atomic mass is 32.1. The second-order valence-electron chi connectivity index (χ2n) is 5.65. The molecule has 1 atom stereocenters. The van der Waals surface area contributed by atoms with Gasteiger partial charge >= 0.3 is 6.03 Å². The van der Waals surface area contributed by atoms with Gasteiger partial charge in [-0.15, -0.1) is 11.3 Å². The number of thiophene rings is 1. The molecule has 0 aliphatic carbocycles. The summed E-state index contributed by atoms with van der Waals surface area (Å²) in [5.74, 6) is -0.900. The number of nitro benzene ring substituents is 1. The SMILES string of the molecule is C[C@]1(c2ccc([N+](=O)[O-])cc2)NC(=O)N(CC(=O)c2cccs2)C1=O. The van der Waals surface area contributed by atoms with Crippen molar-refractivity contribution >= 4 is 34.7 Å². The zero-order chi connectivity index (χ0) is 18.2. The van der Waals surface area contributed by atoms with Crippen molar-refractivity contribution in [3.8, 4) is 0 Å². The van der Waals surface area contributed by atoms with Crippen LogP contribution in [0.25, 0.3) is 0 Å². The Morgan fingerprint density at radius 1 is 1.28 bits per heavy atom. The minimum atomic E-state index is -1.37. The van der Waals surface area contributed by atoms with Gasteiger partial charge in [0.2, 0.25) is 0 Å². The largest absolute Gasteiger partial charge is 0.325 e. The van der Waals surface area contributed by atoms with Crippen LogP contribution in [0.4, 0.5) is 10.5 Å². The van der Waals surface area contributed by atoms with Crippen LogP contribution in [-0.4, -0.2) is 34.1 Å². The topological polar surface area (TPSA) is 110 Å². The first-order valence-electron chi connectivity index (χ1n) is 7.28. The highest BCUT2D eigenvalue weighted by Gasteiger charge is 2.49. The number of benzene rings is 1. The minimum absolute atomic E-state index is 0.117. The summed E-state index contributed by atoms with van der Waals surface area (Å²) in [4.78, 5) is 48.6. The van der Waals surface area contributed by atoms with E-state index < -0.39 is 22.4 Å². The van der Waals surface area contributed by atoms with E-state index in [0.29, 0.717) is 10.4 Å². The number of non-ortho nitro benzene ring substituents is 1. The number of rotatable bonds is 5. The Balaban J connectivity index is 1.84. The van der Waals surface area contributed by atoms with Crippen LogP contribution < -0.4 is 5.32 Å². The highest BCUT2D eigenvalue weighted by molar-refractivity contribution is 7.12. The van der Waals surface area contributed by atoms with Crippen molar-refractivity contribution in [3.05, 3.63) is 62.3 Å². The number of ketones is 1. The summed E-state index contributed by atoms with van der Waals surface area (Å²) in [5, 5.41) is 15.0. The third kappa shape index (κ3) is 2.89. The minimum Gasteiger partial charge on any atom is -0.319 e. The van der Waals surface area contributed by atoms with E-state index in [-0.39, 0.29) is 18.0 Å². The fourth-order valence-electron chi connectivity index (χ4n) is 2.61. The van der Waals surface area contributed by atoms with Gasteiger partial charge in [0.05, 0.1) is 16.3 Å². The molecule has 1 aliphatic heterocycles. The molecule has 0 bridgehead atoms. The number of amides is 3. The summed E-state index contributed by atoms with van der Waals surface area (Å²) >= 11 is 1.23. The predicted octanol–water partition coefficient (Wildman–Crippen LogP) is 2.31. The van der Waals surface area contributed by atoms with E-state index in [1.807, 2.05) is 0 Å². The van der Waals surface area contributed by atoms with Crippen molar-refractivity contribution in [2.24, 2.45) is 0 Å². The normalized spacial score (nSPS) is 19.8. The summed E-state index contributed by atoms with van der Waals surface area (Å²) in [6.07, 6.45) is 0. The van der Waals surface area contributed by atoms with Gasteiger partial charge in [0.1, 0.15) is 5.54 Å². The molecule has 25 heavy (non-hydrogen) atoms. The van der Waals surface area contributed by atoms with Gasteiger partial charge in [-0.25, -0.2) is 4.79 Å². The Labute approximate surface area is 146 Å². The summed E-state index contributed by atoms with van der Waals surface area (Å²) in [5.41, 5.74) is -1.08. The molecule has 3 amide bonds. The molecule has 0 unspecified atom stereocenters. The maximum absolute atomic E-state index is 12.7. The highest BCUT2D eigenvalue weighted by Crippen LogP contribution is 2.30. The fourth-order valence-corrected chi connectivity index (χ4v) is 3.27.